The normalized spacial score (nSPS) is 15.4. The number of aromatic amines is 1. The summed E-state index contributed by atoms with van der Waals surface area (Å²) in [6.45, 7) is 3.89. The summed E-state index contributed by atoms with van der Waals surface area (Å²) in [6, 6.07) is 11.0. The van der Waals surface area contributed by atoms with Gasteiger partial charge in [0.2, 0.25) is 4.77 Å². The van der Waals surface area contributed by atoms with Crippen LogP contribution in [-0.2, 0) is 6.67 Å². The van der Waals surface area contributed by atoms with Gasteiger partial charge in [-0.3, -0.25) is 14.8 Å². The molecule has 2 heterocycles. The first-order valence-electron chi connectivity index (χ1n) is 9.86. The number of carbonyl (C=O) groups is 1. The van der Waals surface area contributed by atoms with Crippen LogP contribution >= 0.6 is 12.2 Å². The number of hydrogen-bond donors (Lipinski definition) is 1. The molecule has 0 amide bonds. The number of nitrogens with zero attached hydrogens (tertiary/aromatic N) is 3. The molecule has 0 spiro atoms. The number of H-pyrrole nitrogens is 1. The van der Waals surface area contributed by atoms with Crippen LogP contribution in [-0.4, -0.2) is 38.5 Å². The zero-order chi connectivity index (χ0) is 21.3. The first-order valence-corrected chi connectivity index (χ1v) is 10.3. The number of carbonyl (C=O) groups excluding carboxylic acids is 1. The predicted molar refractivity (Wildman–Crippen MR) is 113 cm³/mol. The van der Waals surface area contributed by atoms with Gasteiger partial charge in [-0.2, -0.15) is 4.98 Å². The van der Waals surface area contributed by atoms with Crippen LogP contribution < -0.4 is 0 Å². The van der Waals surface area contributed by atoms with E-state index < -0.39 is 11.6 Å². The van der Waals surface area contributed by atoms with Crippen LogP contribution in [0.4, 0.5) is 8.78 Å². The third kappa shape index (κ3) is 4.39. The fourth-order valence-electron chi connectivity index (χ4n) is 3.74. The molecule has 0 saturated carbocycles. The number of likely N-dealkylation sites (tertiary alicyclic amines) is 1. The van der Waals surface area contributed by atoms with E-state index in [0.29, 0.717) is 43.2 Å². The van der Waals surface area contributed by atoms with E-state index in [9.17, 15) is 13.6 Å². The van der Waals surface area contributed by atoms with Crippen molar-refractivity contribution in [1.82, 2.24) is 19.7 Å². The maximum Gasteiger partial charge on any atom is 0.217 e. The van der Waals surface area contributed by atoms with E-state index in [1.165, 1.54) is 5.56 Å². The zero-order valence-electron chi connectivity index (χ0n) is 16.6. The van der Waals surface area contributed by atoms with E-state index >= 15 is 0 Å². The van der Waals surface area contributed by atoms with E-state index in [4.69, 9.17) is 12.2 Å². The lowest BCUT2D eigenvalue weighted by Crippen LogP contribution is -2.37. The second-order valence-corrected chi connectivity index (χ2v) is 8.04. The van der Waals surface area contributed by atoms with Crippen LogP contribution in [0.5, 0.6) is 0 Å². The Bertz CT molecular complexity index is 1110. The summed E-state index contributed by atoms with van der Waals surface area (Å²) in [5, 5.41) is 3.24. The molecule has 0 atom stereocenters. The molecule has 0 unspecified atom stereocenters. The van der Waals surface area contributed by atoms with E-state index in [-0.39, 0.29) is 17.3 Å². The number of ketones is 1. The third-order valence-electron chi connectivity index (χ3n) is 5.50. The molecule has 1 aliphatic heterocycles. The Kier molecular flexibility index (Phi) is 5.87. The molecule has 8 heteroatoms. The van der Waals surface area contributed by atoms with E-state index in [1.807, 2.05) is 31.2 Å². The number of aromatic nitrogens is 3. The summed E-state index contributed by atoms with van der Waals surface area (Å²) in [6.07, 6.45) is 1.17. The predicted octanol–water partition coefficient (Wildman–Crippen LogP) is 4.75. The molecule has 5 nitrogen and oxygen atoms in total. The van der Waals surface area contributed by atoms with Crippen molar-refractivity contribution in [2.24, 2.45) is 5.92 Å². The van der Waals surface area contributed by atoms with Gasteiger partial charge in [0.25, 0.3) is 0 Å². The fourth-order valence-corrected chi connectivity index (χ4v) is 3.93. The van der Waals surface area contributed by atoms with Crippen LogP contribution in [0.3, 0.4) is 0 Å². The highest BCUT2D eigenvalue weighted by molar-refractivity contribution is 7.71. The average molecular weight is 429 g/mol. The second-order valence-electron chi connectivity index (χ2n) is 7.67. The number of hydrogen-bond acceptors (Lipinski definition) is 4. The maximum absolute atomic E-state index is 13.9. The number of aryl methyl sites for hydroxylation is 1. The Morgan fingerprint density at radius 3 is 2.57 bits per heavy atom. The summed E-state index contributed by atoms with van der Waals surface area (Å²) >= 11 is 5.38. The van der Waals surface area contributed by atoms with Gasteiger partial charge in [-0.15, -0.1) is 0 Å². The number of piperidine rings is 1. The molecule has 156 valence electrons. The number of benzene rings is 2. The van der Waals surface area contributed by atoms with Gasteiger partial charge in [-0.25, -0.2) is 13.5 Å². The number of halogens is 2. The van der Waals surface area contributed by atoms with Gasteiger partial charge < -0.3 is 0 Å². The molecular weight excluding hydrogens is 406 g/mol. The highest BCUT2D eigenvalue weighted by Gasteiger charge is 2.28. The summed E-state index contributed by atoms with van der Waals surface area (Å²) < 4.78 is 29.6. The first kappa shape index (κ1) is 20.6. The molecule has 0 radical (unpaired) electrons. The molecule has 4 rings (SSSR count). The number of rotatable bonds is 5. The SMILES string of the molecule is Cc1ccc(-c2nc(=S)n(CN3CCC(C(=O)c4cc(F)ccc4F)CC3)[nH]2)cc1. The molecular formula is C22H22F2N4OS. The summed E-state index contributed by atoms with van der Waals surface area (Å²) in [5.41, 5.74) is 1.98. The van der Waals surface area contributed by atoms with Crippen molar-refractivity contribution in [3.05, 3.63) is 70.0 Å². The quantitative estimate of drug-likeness (QED) is 0.471. The van der Waals surface area contributed by atoms with E-state index in [1.54, 1.807) is 4.68 Å². The van der Waals surface area contributed by atoms with Crippen molar-refractivity contribution in [3.63, 3.8) is 0 Å². The number of Topliss-reactive ketones (excluding diaryl/α,β-unsaturated/α-hetero) is 1. The molecule has 3 aromatic rings. The van der Waals surface area contributed by atoms with Crippen LogP contribution in [0.1, 0.15) is 28.8 Å². The lowest BCUT2D eigenvalue weighted by Gasteiger charge is -2.31. The Hall–Kier alpha value is -2.71. The minimum atomic E-state index is -0.670. The monoisotopic (exact) mass is 428 g/mol. The van der Waals surface area contributed by atoms with Crippen molar-refractivity contribution in [2.45, 2.75) is 26.4 Å². The lowest BCUT2D eigenvalue weighted by molar-refractivity contribution is 0.0799. The van der Waals surface area contributed by atoms with Gasteiger partial charge in [0.15, 0.2) is 11.6 Å². The third-order valence-corrected chi connectivity index (χ3v) is 5.81. The van der Waals surface area contributed by atoms with Crippen LogP contribution in [0.2, 0.25) is 0 Å². The summed E-state index contributed by atoms with van der Waals surface area (Å²) in [5.74, 6) is -1.19. The highest BCUT2D eigenvalue weighted by Crippen LogP contribution is 2.24. The molecule has 1 saturated heterocycles. The molecule has 1 aliphatic rings. The van der Waals surface area contributed by atoms with Crippen LogP contribution in [0.15, 0.2) is 42.5 Å². The summed E-state index contributed by atoms with van der Waals surface area (Å²) in [7, 11) is 0. The topological polar surface area (TPSA) is 53.9 Å². The first-order chi connectivity index (χ1) is 14.4. The number of nitrogens with one attached hydrogen (secondary N) is 1. The molecule has 0 bridgehead atoms. The second kappa shape index (κ2) is 8.57. The van der Waals surface area contributed by atoms with Gasteiger partial charge in [-0.05, 0) is 50.2 Å². The average Bonchev–Trinajstić information content (AvgIpc) is 3.10. The molecule has 1 aromatic heterocycles. The van der Waals surface area contributed by atoms with Gasteiger partial charge in [0, 0.05) is 24.6 Å². The maximum atomic E-state index is 13.9. The van der Waals surface area contributed by atoms with Crippen molar-refractivity contribution in [2.75, 3.05) is 13.1 Å². The Morgan fingerprint density at radius 2 is 1.87 bits per heavy atom. The highest BCUT2D eigenvalue weighted by atomic mass is 32.1. The molecule has 1 fully saturated rings. The van der Waals surface area contributed by atoms with Gasteiger partial charge in [0.05, 0.1) is 12.2 Å². The van der Waals surface area contributed by atoms with Gasteiger partial charge >= 0.3 is 0 Å². The Morgan fingerprint density at radius 1 is 1.17 bits per heavy atom. The Balaban J connectivity index is 1.39. The van der Waals surface area contributed by atoms with Gasteiger partial charge in [-0.1, -0.05) is 29.8 Å². The zero-order valence-corrected chi connectivity index (χ0v) is 17.4. The Labute approximate surface area is 178 Å². The smallest absolute Gasteiger partial charge is 0.217 e. The molecule has 1 N–H and O–H groups in total. The lowest BCUT2D eigenvalue weighted by atomic mass is 9.89. The van der Waals surface area contributed by atoms with Gasteiger partial charge in [0.1, 0.15) is 11.6 Å². The minimum absolute atomic E-state index is 0.160. The largest absolute Gasteiger partial charge is 0.294 e. The minimum Gasteiger partial charge on any atom is -0.294 e. The van der Waals surface area contributed by atoms with Crippen molar-refractivity contribution < 1.29 is 13.6 Å². The van der Waals surface area contributed by atoms with Crippen molar-refractivity contribution in [3.8, 4) is 11.4 Å². The summed E-state index contributed by atoms with van der Waals surface area (Å²) in [4.78, 5) is 19.2. The van der Waals surface area contributed by atoms with E-state index in [0.717, 1.165) is 23.8 Å². The molecule has 2 aromatic carbocycles. The fraction of sp³-hybridized carbons (Fsp3) is 0.318. The van der Waals surface area contributed by atoms with E-state index in [2.05, 4.69) is 15.0 Å². The van der Waals surface area contributed by atoms with Crippen LogP contribution in [0.25, 0.3) is 11.4 Å². The molecule has 30 heavy (non-hydrogen) atoms. The van der Waals surface area contributed by atoms with Crippen molar-refractivity contribution >= 4 is 18.0 Å². The standard InChI is InChI=1S/C22H22F2N4OS/c1-14-2-4-16(5-3-14)21-25-22(30)28(26-21)13-27-10-8-15(9-11-27)20(29)18-12-17(23)6-7-19(18)24/h2-7,12,15H,8-11,13H2,1H3,(H,25,26,30). The van der Waals surface area contributed by atoms with Crippen LogP contribution in [0, 0.1) is 29.2 Å². The molecule has 0 aliphatic carbocycles. The van der Waals surface area contributed by atoms with Crippen molar-refractivity contribution in [1.29, 1.82) is 0 Å².